The fraction of sp³-hybridized carbons (Fsp3) is 0.435. The van der Waals surface area contributed by atoms with Crippen molar-refractivity contribution in [3.8, 4) is 11.3 Å². The molecule has 3 heterocycles. The van der Waals surface area contributed by atoms with Crippen LogP contribution in [-0.4, -0.2) is 37.2 Å². The Balaban J connectivity index is 1.30. The lowest BCUT2D eigenvalue weighted by molar-refractivity contribution is -0.121. The molecular formula is C23H28N6O. The lowest BCUT2D eigenvalue weighted by Gasteiger charge is -2.29. The van der Waals surface area contributed by atoms with Crippen molar-refractivity contribution in [2.45, 2.75) is 51.5 Å². The fourth-order valence-corrected chi connectivity index (χ4v) is 4.15. The second-order valence-corrected chi connectivity index (χ2v) is 7.97. The predicted octanol–water partition coefficient (Wildman–Crippen LogP) is 3.52. The average Bonchev–Trinajstić information content (AvgIpc) is 3.31. The number of aryl methyl sites for hydroxylation is 2. The van der Waals surface area contributed by atoms with E-state index < -0.39 is 0 Å². The first kappa shape index (κ1) is 20.2. The molecule has 0 atom stereocenters. The Labute approximate surface area is 177 Å². The van der Waals surface area contributed by atoms with Gasteiger partial charge < -0.3 is 5.32 Å². The third-order valence-corrected chi connectivity index (χ3v) is 5.83. The maximum absolute atomic E-state index is 12.1. The molecule has 0 spiro atoms. The molecule has 30 heavy (non-hydrogen) atoms. The summed E-state index contributed by atoms with van der Waals surface area (Å²) in [5, 5.41) is 7.23. The minimum atomic E-state index is 0.0940. The van der Waals surface area contributed by atoms with E-state index in [9.17, 15) is 4.79 Å². The standard InChI is InChI=1S/C23H28N6O/c1-17-25-16-20(21-5-2-3-11-24-21)23(28-17)19-8-6-18(7-9-19)15-26-22(30)10-14-29-13-4-12-27-29/h2-5,11-13,16,18-19H,6-10,14-15H2,1H3,(H,26,30). The Morgan fingerprint density at radius 2 is 2.00 bits per heavy atom. The van der Waals surface area contributed by atoms with Gasteiger partial charge >= 0.3 is 0 Å². The Bertz CT molecular complexity index is 949. The summed E-state index contributed by atoms with van der Waals surface area (Å²) in [4.78, 5) is 25.8. The van der Waals surface area contributed by atoms with Gasteiger partial charge in [-0.3, -0.25) is 14.5 Å². The Hall–Kier alpha value is -3.09. The zero-order valence-corrected chi connectivity index (χ0v) is 17.4. The van der Waals surface area contributed by atoms with Crippen LogP contribution >= 0.6 is 0 Å². The molecule has 3 aromatic rings. The molecule has 1 saturated carbocycles. The SMILES string of the molecule is Cc1ncc(-c2ccccn2)c(C2CCC(CNC(=O)CCn3cccn3)CC2)n1. The van der Waals surface area contributed by atoms with Gasteiger partial charge in [0.25, 0.3) is 0 Å². The first-order chi connectivity index (χ1) is 14.7. The number of aromatic nitrogens is 5. The number of hydrogen-bond acceptors (Lipinski definition) is 5. The highest BCUT2D eigenvalue weighted by Crippen LogP contribution is 2.38. The number of carbonyl (C=O) groups excluding carboxylic acids is 1. The van der Waals surface area contributed by atoms with E-state index in [4.69, 9.17) is 4.98 Å². The van der Waals surface area contributed by atoms with Crippen molar-refractivity contribution < 1.29 is 4.79 Å². The van der Waals surface area contributed by atoms with Gasteiger partial charge in [0.05, 0.1) is 11.4 Å². The summed E-state index contributed by atoms with van der Waals surface area (Å²) in [6.07, 6.45) is 12.1. The van der Waals surface area contributed by atoms with Crippen LogP contribution in [0.2, 0.25) is 0 Å². The van der Waals surface area contributed by atoms with E-state index in [1.54, 1.807) is 10.9 Å². The summed E-state index contributed by atoms with van der Waals surface area (Å²) in [7, 11) is 0. The third kappa shape index (κ3) is 5.09. The van der Waals surface area contributed by atoms with Crippen LogP contribution in [0.3, 0.4) is 0 Å². The number of rotatable bonds is 7. The van der Waals surface area contributed by atoms with Crippen LogP contribution in [0.4, 0.5) is 0 Å². The van der Waals surface area contributed by atoms with Crippen molar-refractivity contribution in [3.05, 3.63) is 60.6 Å². The third-order valence-electron chi connectivity index (χ3n) is 5.83. The largest absolute Gasteiger partial charge is 0.356 e. The summed E-state index contributed by atoms with van der Waals surface area (Å²) in [5.41, 5.74) is 3.08. The Kier molecular flexibility index (Phi) is 6.47. The molecule has 1 aliphatic carbocycles. The molecule has 4 rings (SSSR count). The van der Waals surface area contributed by atoms with Crippen LogP contribution in [0, 0.1) is 12.8 Å². The number of nitrogens with zero attached hydrogens (tertiary/aromatic N) is 5. The summed E-state index contributed by atoms with van der Waals surface area (Å²) < 4.78 is 1.79. The maximum atomic E-state index is 12.1. The summed E-state index contributed by atoms with van der Waals surface area (Å²) >= 11 is 0. The van der Waals surface area contributed by atoms with Crippen LogP contribution in [0.5, 0.6) is 0 Å². The molecule has 1 fully saturated rings. The molecule has 7 heteroatoms. The van der Waals surface area contributed by atoms with Crippen molar-refractivity contribution in [3.63, 3.8) is 0 Å². The van der Waals surface area contributed by atoms with Gasteiger partial charge in [-0.05, 0) is 56.7 Å². The second-order valence-electron chi connectivity index (χ2n) is 7.97. The van der Waals surface area contributed by atoms with Crippen molar-refractivity contribution in [1.29, 1.82) is 0 Å². The van der Waals surface area contributed by atoms with Crippen LogP contribution in [0.15, 0.2) is 49.1 Å². The van der Waals surface area contributed by atoms with Gasteiger partial charge in [-0.1, -0.05) is 6.07 Å². The number of carbonyl (C=O) groups is 1. The van der Waals surface area contributed by atoms with Gasteiger partial charge in [-0.2, -0.15) is 5.10 Å². The maximum Gasteiger partial charge on any atom is 0.221 e. The predicted molar refractivity (Wildman–Crippen MR) is 115 cm³/mol. The molecule has 0 unspecified atom stereocenters. The molecule has 1 aliphatic rings. The van der Waals surface area contributed by atoms with Gasteiger partial charge in [0, 0.05) is 55.8 Å². The van der Waals surface area contributed by atoms with Gasteiger partial charge in [0.1, 0.15) is 5.82 Å². The van der Waals surface area contributed by atoms with Crippen LogP contribution < -0.4 is 5.32 Å². The van der Waals surface area contributed by atoms with Crippen molar-refractivity contribution in [2.24, 2.45) is 5.92 Å². The molecule has 0 saturated heterocycles. The van der Waals surface area contributed by atoms with E-state index in [1.807, 2.05) is 49.8 Å². The first-order valence-corrected chi connectivity index (χ1v) is 10.7. The van der Waals surface area contributed by atoms with Crippen LogP contribution in [0.1, 0.15) is 49.5 Å². The first-order valence-electron chi connectivity index (χ1n) is 10.7. The zero-order chi connectivity index (χ0) is 20.8. The zero-order valence-electron chi connectivity index (χ0n) is 17.4. The van der Waals surface area contributed by atoms with Crippen molar-refractivity contribution in [2.75, 3.05) is 6.54 Å². The molecule has 0 bridgehead atoms. The Morgan fingerprint density at radius 3 is 2.73 bits per heavy atom. The van der Waals surface area contributed by atoms with Gasteiger partial charge in [0.2, 0.25) is 5.91 Å². The molecule has 1 amide bonds. The van der Waals surface area contributed by atoms with E-state index in [1.165, 1.54) is 0 Å². The minimum Gasteiger partial charge on any atom is -0.356 e. The lowest BCUT2D eigenvalue weighted by Crippen LogP contribution is -2.31. The quantitative estimate of drug-likeness (QED) is 0.651. The summed E-state index contributed by atoms with van der Waals surface area (Å²) in [5.74, 6) is 1.83. The highest BCUT2D eigenvalue weighted by atomic mass is 16.1. The Morgan fingerprint density at radius 1 is 1.13 bits per heavy atom. The van der Waals surface area contributed by atoms with Crippen molar-refractivity contribution in [1.82, 2.24) is 30.0 Å². The lowest BCUT2D eigenvalue weighted by atomic mass is 9.79. The molecule has 1 N–H and O–H groups in total. The van der Waals surface area contributed by atoms with Crippen LogP contribution in [0.25, 0.3) is 11.3 Å². The normalized spacial score (nSPS) is 18.8. The highest BCUT2D eigenvalue weighted by molar-refractivity contribution is 5.75. The molecule has 156 valence electrons. The molecule has 3 aromatic heterocycles. The second kappa shape index (κ2) is 9.61. The fourth-order valence-electron chi connectivity index (χ4n) is 4.15. The summed E-state index contributed by atoms with van der Waals surface area (Å²) in [6, 6.07) is 7.81. The summed E-state index contributed by atoms with van der Waals surface area (Å²) in [6.45, 7) is 3.31. The number of pyridine rings is 1. The number of hydrogen-bond donors (Lipinski definition) is 1. The van der Waals surface area contributed by atoms with E-state index in [2.05, 4.69) is 20.4 Å². The molecule has 0 aliphatic heterocycles. The number of nitrogens with one attached hydrogen (secondary N) is 1. The number of amides is 1. The molecular weight excluding hydrogens is 376 g/mol. The highest BCUT2D eigenvalue weighted by Gasteiger charge is 2.26. The van der Waals surface area contributed by atoms with E-state index >= 15 is 0 Å². The van der Waals surface area contributed by atoms with Crippen LogP contribution in [-0.2, 0) is 11.3 Å². The van der Waals surface area contributed by atoms with Gasteiger partial charge in [-0.15, -0.1) is 0 Å². The molecule has 0 radical (unpaired) electrons. The molecule has 7 nitrogen and oxygen atoms in total. The van der Waals surface area contributed by atoms with E-state index in [0.717, 1.165) is 55.0 Å². The van der Waals surface area contributed by atoms with Crippen molar-refractivity contribution >= 4 is 5.91 Å². The van der Waals surface area contributed by atoms with E-state index in [-0.39, 0.29) is 5.91 Å². The average molecular weight is 405 g/mol. The van der Waals surface area contributed by atoms with Gasteiger partial charge in [0.15, 0.2) is 0 Å². The smallest absolute Gasteiger partial charge is 0.221 e. The minimum absolute atomic E-state index is 0.0940. The van der Waals surface area contributed by atoms with Gasteiger partial charge in [-0.25, -0.2) is 9.97 Å². The topological polar surface area (TPSA) is 85.6 Å². The monoisotopic (exact) mass is 404 g/mol. The van der Waals surface area contributed by atoms with E-state index in [0.29, 0.717) is 24.8 Å². The molecule has 0 aromatic carbocycles.